The van der Waals surface area contributed by atoms with Gasteiger partial charge in [0.15, 0.2) is 0 Å². The van der Waals surface area contributed by atoms with Gasteiger partial charge in [-0.1, -0.05) is 19.9 Å². The number of amides is 1. The van der Waals surface area contributed by atoms with Gasteiger partial charge in [-0.3, -0.25) is 4.79 Å². The van der Waals surface area contributed by atoms with E-state index >= 15 is 0 Å². The van der Waals surface area contributed by atoms with Gasteiger partial charge in [-0.15, -0.1) is 11.6 Å². The number of rotatable bonds is 5. The maximum Gasteiger partial charge on any atom is 0.416 e. The van der Waals surface area contributed by atoms with Crippen molar-refractivity contribution in [2.75, 3.05) is 5.88 Å². The molecule has 0 aromatic heterocycles. The zero-order valence-electron chi connectivity index (χ0n) is 11.3. The predicted octanol–water partition coefficient (Wildman–Crippen LogP) is 4.09. The third-order valence-electron chi connectivity index (χ3n) is 2.73. The molecule has 112 valence electrons. The minimum absolute atomic E-state index is 0.0151. The molecule has 2 nitrogen and oxygen atoms in total. The van der Waals surface area contributed by atoms with Crippen molar-refractivity contribution in [2.24, 2.45) is 5.92 Å². The van der Waals surface area contributed by atoms with Crippen LogP contribution in [0.25, 0.3) is 0 Å². The topological polar surface area (TPSA) is 29.1 Å². The molecule has 0 spiro atoms. The van der Waals surface area contributed by atoms with Crippen LogP contribution in [0.15, 0.2) is 24.3 Å². The van der Waals surface area contributed by atoms with E-state index in [1.807, 2.05) is 13.8 Å². The van der Waals surface area contributed by atoms with Gasteiger partial charge in [0.05, 0.1) is 5.56 Å². The molecule has 1 aromatic carbocycles. The standard InChI is InChI=1S/C14H17ClF3NO/c1-9(2)6-12(8-15)19-13(20)10-4-3-5-11(7-10)14(16,17)18/h3-5,7,9,12H,6,8H2,1-2H3,(H,19,20). The fraction of sp³-hybridized carbons (Fsp3) is 0.500. The molecule has 0 saturated heterocycles. The summed E-state index contributed by atoms with van der Waals surface area (Å²) in [5.41, 5.74) is -0.852. The Morgan fingerprint density at radius 3 is 2.50 bits per heavy atom. The maximum atomic E-state index is 12.6. The SMILES string of the molecule is CC(C)CC(CCl)NC(=O)c1cccc(C(F)(F)F)c1. The van der Waals surface area contributed by atoms with Crippen LogP contribution in [0.4, 0.5) is 13.2 Å². The predicted molar refractivity (Wildman–Crippen MR) is 72.9 cm³/mol. The Labute approximate surface area is 121 Å². The molecule has 1 unspecified atom stereocenters. The Hall–Kier alpha value is -1.23. The Morgan fingerprint density at radius 1 is 1.35 bits per heavy atom. The molecular formula is C14H17ClF3NO. The molecule has 0 aliphatic heterocycles. The van der Waals surface area contributed by atoms with Crippen molar-refractivity contribution in [3.63, 3.8) is 0 Å². The molecule has 20 heavy (non-hydrogen) atoms. The van der Waals surface area contributed by atoms with Gasteiger partial charge in [0.25, 0.3) is 5.91 Å². The molecule has 1 N–H and O–H groups in total. The number of hydrogen-bond donors (Lipinski definition) is 1. The monoisotopic (exact) mass is 307 g/mol. The Bertz CT molecular complexity index is 460. The van der Waals surface area contributed by atoms with Crippen LogP contribution in [-0.4, -0.2) is 17.8 Å². The van der Waals surface area contributed by atoms with E-state index in [-0.39, 0.29) is 17.5 Å². The van der Waals surface area contributed by atoms with Gasteiger partial charge in [0, 0.05) is 17.5 Å². The maximum absolute atomic E-state index is 12.6. The summed E-state index contributed by atoms with van der Waals surface area (Å²) in [6.07, 6.45) is -3.78. The van der Waals surface area contributed by atoms with E-state index in [1.54, 1.807) is 0 Å². The van der Waals surface area contributed by atoms with E-state index in [0.29, 0.717) is 12.3 Å². The first kappa shape index (κ1) is 16.8. The molecule has 1 rings (SSSR count). The highest BCUT2D eigenvalue weighted by Crippen LogP contribution is 2.29. The van der Waals surface area contributed by atoms with Crippen LogP contribution in [0.3, 0.4) is 0 Å². The van der Waals surface area contributed by atoms with Crippen LogP contribution >= 0.6 is 11.6 Å². The largest absolute Gasteiger partial charge is 0.416 e. The van der Waals surface area contributed by atoms with E-state index in [4.69, 9.17) is 11.6 Å². The van der Waals surface area contributed by atoms with Gasteiger partial charge in [-0.05, 0) is 30.5 Å². The summed E-state index contributed by atoms with van der Waals surface area (Å²) in [5.74, 6) is 0.0195. The molecule has 0 fully saturated rings. The van der Waals surface area contributed by atoms with Crippen molar-refractivity contribution in [2.45, 2.75) is 32.5 Å². The molecule has 1 aromatic rings. The summed E-state index contributed by atoms with van der Waals surface area (Å²) in [4.78, 5) is 11.9. The lowest BCUT2D eigenvalue weighted by atomic mass is 10.0. The van der Waals surface area contributed by atoms with E-state index in [9.17, 15) is 18.0 Å². The Balaban J connectivity index is 2.82. The second-order valence-electron chi connectivity index (χ2n) is 5.03. The second-order valence-corrected chi connectivity index (χ2v) is 5.34. The number of nitrogens with one attached hydrogen (secondary N) is 1. The fourth-order valence-corrected chi connectivity index (χ4v) is 2.04. The quantitative estimate of drug-likeness (QED) is 0.816. The molecule has 0 aliphatic rings. The molecule has 0 heterocycles. The summed E-state index contributed by atoms with van der Waals surface area (Å²) in [6.45, 7) is 3.96. The highest BCUT2D eigenvalue weighted by molar-refractivity contribution is 6.18. The third-order valence-corrected chi connectivity index (χ3v) is 3.10. The van der Waals surface area contributed by atoms with Gasteiger partial charge >= 0.3 is 6.18 Å². The summed E-state index contributed by atoms with van der Waals surface area (Å²) in [7, 11) is 0. The lowest BCUT2D eigenvalue weighted by Crippen LogP contribution is -2.37. The molecule has 0 bridgehead atoms. The Morgan fingerprint density at radius 2 is 2.00 bits per heavy atom. The molecular weight excluding hydrogens is 291 g/mol. The van der Waals surface area contributed by atoms with Crippen molar-refractivity contribution < 1.29 is 18.0 Å². The number of benzene rings is 1. The summed E-state index contributed by atoms with van der Waals surface area (Å²) in [6, 6.07) is 4.10. The molecule has 0 aliphatic carbocycles. The van der Waals surface area contributed by atoms with Gasteiger partial charge in [-0.25, -0.2) is 0 Å². The van der Waals surface area contributed by atoms with Crippen molar-refractivity contribution in [3.05, 3.63) is 35.4 Å². The fourth-order valence-electron chi connectivity index (χ4n) is 1.84. The van der Waals surface area contributed by atoms with Crippen LogP contribution in [0.5, 0.6) is 0 Å². The highest BCUT2D eigenvalue weighted by Gasteiger charge is 2.31. The summed E-state index contributed by atoms with van der Waals surface area (Å²) in [5, 5.41) is 2.65. The van der Waals surface area contributed by atoms with Crippen molar-refractivity contribution >= 4 is 17.5 Å². The normalized spacial score (nSPS) is 13.3. The van der Waals surface area contributed by atoms with Crippen LogP contribution in [0.1, 0.15) is 36.2 Å². The average Bonchev–Trinajstić information content (AvgIpc) is 2.36. The van der Waals surface area contributed by atoms with E-state index in [0.717, 1.165) is 12.1 Å². The zero-order valence-corrected chi connectivity index (χ0v) is 12.1. The first-order chi connectivity index (χ1) is 9.24. The Kier molecular flexibility index (Phi) is 5.87. The van der Waals surface area contributed by atoms with Gasteiger partial charge in [-0.2, -0.15) is 13.2 Å². The lowest BCUT2D eigenvalue weighted by molar-refractivity contribution is -0.137. The van der Waals surface area contributed by atoms with Crippen LogP contribution in [-0.2, 0) is 6.18 Å². The minimum Gasteiger partial charge on any atom is -0.348 e. The van der Waals surface area contributed by atoms with Gasteiger partial charge in [0.1, 0.15) is 0 Å². The van der Waals surface area contributed by atoms with E-state index < -0.39 is 17.6 Å². The van der Waals surface area contributed by atoms with E-state index in [2.05, 4.69) is 5.32 Å². The molecule has 6 heteroatoms. The summed E-state index contributed by atoms with van der Waals surface area (Å²) < 4.78 is 37.7. The van der Waals surface area contributed by atoms with Gasteiger partial charge < -0.3 is 5.32 Å². The van der Waals surface area contributed by atoms with Crippen molar-refractivity contribution in [1.29, 1.82) is 0 Å². The number of carbonyl (C=O) groups is 1. The van der Waals surface area contributed by atoms with E-state index in [1.165, 1.54) is 12.1 Å². The van der Waals surface area contributed by atoms with Crippen LogP contribution in [0.2, 0.25) is 0 Å². The lowest BCUT2D eigenvalue weighted by Gasteiger charge is -2.18. The van der Waals surface area contributed by atoms with Crippen molar-refractivity contribution in [3.8, 4) is 0 Å². The molecule has 0 radical (unpaired) electrons. The average molecular weight is 308 g/mol. The molecule has 1 atom stereocenters. The highest BCUT2D eigenvalue weighted by atomic mass is 35.5. The van der Waals surface area contributed by atoms with Crippen LogP contribution < -0.4 is 5.32 Å². The van der Waals surface area contributed by atoms with Crippen LogP contribution in [0, 0.1) is 5.92 Å². The number of alkyl halides is 4. The number of carbonyl (C=O) groups excluding carboxylic acids is 1. The zero-order chi connectivity index (χ0) is 15.3. The van der Waals surface area contributed by atoms with Crippen molar-refractivity contribution in [1.82, 2.24) is 5.32 Å². The first-order valence-electron chi connectivity index (χ1n) is 6.28. The third kappa shape index (κ3) is 5.04. The summed E-state index contributed by atoms with van der Waals surface area (Å²) >= 11 is 5.75. The molecule has 0 saturated carbocycles. The first-order valence-corrected chi connectivity index (χ1v) is 6.81. The molecule has 1 amide bonds. The number of halogens is 4. The number of hydrogen-bond acceptors (Lipinski definition) is 1. The smallest absolute Gasteiger partial charge is 0.348 e. The second kappa shape index (κ2) is 6.97. The van der Waals surface area contributed by atoms with Gasteiger partial charge in [0.2, 0.25) is 0 Å². The minimum atomic E-state index is -4.46.